The Kier molecular flexibility index (Phi) is 5.99. The SMILES string of the molecule is CCCC(=O)Oc1ccc(Cl)c(Cl)c1N=Cc1ccccc1. The third-order valence-corrected chi connectivity index (χ3v) is 3.65. The van der Waals surface area contributed by atoms with Crippen LogP contribution in [-0.2, 0) is 4.79 Å². The summed E-state index contributed by atoms with van der Waals surface area (Å²) in [5.41, 5.74) is 1.26. The fourth-order valence-corrected chi connectivity index (χ4v) is 2.14. The van der Waals surface area contributed by atoms with Gasteiger partial charge in [0.15, 0.2) is 5.75 Å². The number of rotatable bonds is 5. The molecule has 5 heteroatoms. The molecule has 0 spiro atoms. The van der Waals surface area contributed by atoms with Gasteiger partial charge in [0.1, 0.15) is 5.69 Å². The van der Waals surface area contributed by atoms with E-state index >= 15 is 0 Å². The van der Waals surface area contributed by atoms with Gasteiger partial charge in [0, 0.05) is 12.6 Å². The molecule has 114 valence electrons. The fourth-order valence-electron chi connectivity index (χ4n) is 1.78. The minimum Gasteiger partial charge on any atom is -0.424 e. The minimum absolute atomic E-state index is 0.260. The minimum atomic E-state index is -0.322. The Hall–Kier alpha value is -1.84. The first kappa shape index (κ1) is 16.5. The maximum absolute atomic E-state index is 11.7. The Bertz CT molecular complexity index is 685. The van der Waals surface area contributed by atoms with Crippen molar-refractivity contribution in [1.29, 1.82) is 0 Å². The normalized spacial score (nSPS) is 10.9. The highest BCUT2D eigenvalue weighted by Gasteiger charge is 2.14. The van der Waals surface area contributed by atoms with Crippen molar-refractivity contribution in [2.24, 2.45) is 4.99 Å². The molecule has 0 radical (unpaired) electrons. The van der Waals surface area contributed by atoms with Gasteiger partial charge in [-0.15, -0.1) is 0 Å². The third kappa shape index (κ3) is 4.33. The second-order valence-corrected chi connectivity index (χ2v) is 5.39. The molecule has 0 heterocycles. The molecule has 0 aliphatic heterocycles. The van der Waals surface area contributed by atoms with Gasteiger partial charge in [-0.05, 0) is 24.1 Å². The van der Waals surface area contributed by atoms with Crippen LogP contribution in [0.2, 0.25) is 10.0 Å². The zero-order valence-corrected chi connectivity index (χ0v) is 13.6. The molecule has 0 aromatic heterocycles. The fraction of sp³-hybridized carbons (Fsp3) is 0.176. The van der Waals surface area contributed by atoms with Crippen LogP contribution in [-0.4, -0.2) is 12.2 Å². The van der Waals surface area contributed by atoms with Crippen LogP contribution in [0.4, 0.5) is 5.69 Å². The smallest absolute Gasteiger partial charge is 0.311 e. The average Bonchev–Trinajstić information content (AvgIpc) is 2.52. The van der Waals surface area contributed by atoms with Crippen LogP contribution >= 0.6 is 23.2 Å². The molecule has 0 fully saturated rings. The van der Waals surface area contributed by atoms with Gasteiger partial charge in [-0.25, -0.2) is 0 Å². The zero-order valence-electron chi connectivity index (χ0n) is 12.1. The molecular weight excluding hydrogens is 321 g/mol. The molecule has 0 atom stereocenters. The van der Waals surface area contributed by atoms with Gasteiger partial charge in [0.25, 0.3) is 0 Å². The van der Waals surface area contributed by atoms with Crippen molar-refractivity contribution in [2.45, 2.75) is 19.8 Å². The molecule has 2 aromatic rings. The van der Waals surface area contributed by atoms with Crippen LogP contribution in [0.5, 0.6) is 5.75 Å². The van der Waals surface area contributed by atoms with E-state index in [4.69, 9.17) is 27.9 Å². The van der Waals surface area contributed by atoms with Crippen LogP contribution < -0.4 is 4.74 Å². The number of aliphatic imine (C=N–C) groups is 1. The van der Waals surface area contributed by atoms with Crippen LogP contribution in [0, 0.1) is 0 Å². The number of benzene rings is 2. The van der Waals surface area contributed by atoms with Crippen molar-refractivity contribution in [1.82, 2.24) is 0 Å². The maximum atomic E-state index is 11.7. The van der Waals surface area contributed by atoms with E-state index in [0.29, 0.717) is 29.3 Å². The molecule has 0 bridgehead atoms. The first-order valence-corrected chi connectivity index (χ1v) is 7.65. The summed E-state index contributed by atoms with van der Waals surface area (Å²) >= 11 is 12.2. The lowest BCUT2D eigenvalue weighted by molar-refractivity contribution is -0.134. The van der Waals surface area contributed by atoms with Crippen molar-refractivity contribution in [3.05, 3.63) is 58.1 Å². The van der Waals surface area contributed by atoms with Gasteiger partial charge in [0.2, 0.25) is 0 Å². The van der Waals surface area contributed by atoms with Crippen molar-refractivity contribution in [3.63, 3.8) is 0 Å². The zero-order chi connectivity index (χ0) is 15.9. The Balaban J connectivity index is 2.33. The highest BCUT2D eigenvalue weighted by Crippen LogP contribution is 2.40. The topological polar surface area (TPSA) is 38.7 Å². The Labute approximate surface area is 139 Å². The maximum Gasteiger partial charge on any atom is 0.311 e. The van der Waals surface area contributed by atoms with E-state index in [2.05, 4.69) is 4.99 Å². The molecule has 3 nitrogen and oxygen atoms in total. The molecule has 0 saturated carbocycles. The number of nitrogens with zero attached hydrogens (tertiary/aromatic N) is 1. The van der Waals surface area contributed by atoms with Gasteiger partial charge in [0.05, 0.1) is 10.0 Å². The van der Waals surface area contributed by atoms with Gasteiger partial charge in [-0.3, -0.25) is 9.79 Å². The molecule has 0 amide bonds. The molecule has 0 N–H and O–H groups in total. The van der Waals surface area contributed by atoms with E-state index in [-0.39, 0.29) is 11.0 Å². The lowest BCUT2D eigenvalue weighted by Crippen LogP contribution is -2.07. The molecule has 0 unspecified atom stereocenters. The van der Waals surface area contributed by atoms with E-state index in [1.807, 2.05) is 37.3 Å². The summed E-state index contributed by atoms with van der Waals surface area (Å²) < 4.78 is 5.31. The number of halogens is 2. The van der Waals surface area contributed by atoms with E-state index in [0.717, 1.165) is 5.56 Å². The third-order valence-electron chi connectivity index (χ3n) is 2.85. The lowest BCUT2D eigenvalue weighted by Gasteiger charge is -2.09. The molecule has 22 heavy (non-hydrogen) atoms. The number of hydrogen-bond acceptors (Lipinski definition) is 3. The summed E-state index contributed by atoms with van der Waals surface area (Å²) in [7, 11) is 0. The van der Waals surface area contributed by atoms with E-state index < -0.39 is 0 Å². The molecular formula is C17H15Cl2NO2. The molecule has 0 aliphatic carbocycles. The second-order valence-electron chi connectivity index (χ2n) is 4.60. The van der Waals surface area contributed by atoms with Crippen LogP contribution in [0.1, 0.15) is 25.3 Å². The van der Waals surface area contributed by atoms with E-state index in [1.54, 1.807) is 18.3 Å². The highest BCUT2D eigenvalue weighted by molar-refractivity contribution is 6.43. The van der Waals surface area contributed by atoms with Crippen LogP contribution in [0.25, 0.3) is 0 Å². The number of esters is 1. The monoisotopic (exact) mass is 335 g/mol. The van der Waals surface area contributed by atoms with Crippen molar-refractivity contribution in [3.8, 4) is 5.75 Å². The van der Waals surface area contributed by atoms with Gasteiger partial charge in [-0.1, -0.05) is 60.5 Å². The van der Waals surface area contributed by atoms with Gasteiger partial charge in [-0.2, -0.15) is 0 Å². The van der Waals surface area contributed by atoms with Crippen molar-refractivity contribution in [2.75, 3.05) is 0 Å². The van der Waals surface area contributed by atoms with Crippen molar-refractivity contribution < 1.29 is 9.53 Å². The number of ether oxygens (including phenoxy) is 1. The summed E-state index contributed by atoms with van der Waals surface area (Å²) in [5, 5.41) is 0.618. The van der Waals surface area contributed by atoms with Gasteiger partial charge < -0.3 is 4.74 Å². The first-order chi connectivity index (χ1) is 10.6. The summed E-state index contributed by atoms with van der Waals surface area (Å²) in [4.78, 5) is 16.0. The van der Waals surface area contributed by atoms with Crippen LogP contribution in [0.3, 0.4) is 0 Å². The van der Waals surface area contributed by atoms with Crippen molar-refractivity contribution >= 4 is 41.1 Å². The number of carbonyl (C=O) groups excluding carboxylic acids is 1. The Morgan fingerprint density at radius 3 is 2.59 bits per heavy atom. The summed E-state index contributed by atoms with van der Waals surface area (Å²) in [6.45, 7) is 1.91. The molecule has 0 aliphatic rings. The average molecular weight is 336 g/mol. The quantitative estimate of drug-likeness (QED) is 0.414. The summed E-state index contributed by atoms with van der Waals surface area (Å²) in [5.74, 6) is -0.0166. The molecule has 0 saturated heterocycles. The summed E-state index contributed by atoms with van der Waals surface area (Å²) in [6.07, 6.45) is 2.69. The van der Waals surface area contributed by atoms with E-state index in [9.17, 15) is 4.79 Å². The Morgan fingerprint density at radius 2 is 1.91 bits per heavy atom. The number of hydrogen-bond donors (Lipinski definition) is 0. The summed E-state index contributed by atoms with van der Waals surface area (Å²) in [6, 6.07) is 12.7. The standard InChI is InChI=1S/C17H15Cl2NO2/c1-2-6-15(21)22-14-10-9-13(18)16(19)17(14)20-11-12-7-4-3-5-8-12/h3-5,7-11H,2,6H2,1H3. The largest absolute Gasteiger partial charge is 0.424 e. The highest BCUT2D eigenvalue weighted by atomic mass is 35.5. The molecule has 2 rings (SSSR count). The van der Waals surface area contributed by atoms with E-state index in [1.165, 1.54) is 0 Å². The predicted octanol–water partition coefficient (Wildman–Crippen LogP) is 5.45. The first-order valence-electron chi connectivity index (χ1n) is 6.89. The van der Waals surface area contributed by atoms with Gasteiger partial charge >= 0.3 is 5.97 Å². The lowest BCUT2D eigenvalue weighted by atomic mass is 10.2. The van der Waals surface area contributed by atoms with Crippen LogP contribution in [0.15, 0.2) is 47.5 Å². The molecule has 2 aromatic carbocycles. The number of carbonyl (C=O) groups is 1. The predicted molar refractivity (Wildman–Crippen MR) is 90.7 cm³/mol. The second kappa shape index (κ2) is 7.97. The Morgan fingerprint density at radius 1 is 1.18 bits per heavy atom.